The number of aliphatic hydroxyl groups excluding tert-OH is 1. The summed E-state index contributed by atoms with van der Waals surface area (Å²) in [6, 6.07) is 21.6. The fourth-order valence-electron chi connectivity index (χ4n) is 3.18. The number of hydrogen-bond acceptors (Lipinski definition) is 1. The average Bonchev–Trinajstić information content (AvgIpc) is 2.55. The summed E-state index contributed by atoms with van der Waals surface area (Å²) in [5.41, 5.74) is 1.40. The first kappa shape index (κ1) is 14.8. The van der Waals surface area contributed by atoms with E-state index in [-0.39, 0.29) is 6.10 Å². The molecule has 2 aromatic rings. The van der Waals surface area contributed by atoms with Crippen LogP contribution in [0.4, 0.5) is 0 Å². The molecule has 0 heterocycles. The second-order valence-electron chi connectivity index (χ2n) is 5.78. The van der Waals surface area contributed by atoms with Crippen molar-refractivity contribution in [3.05, 3.63) is 66.2 Å². The van der Waals surface area contributed by atoms with E-state index in [1.807, 2.05) is 0 Å². The van der Waals surface area contributed by atoms with Crippen molar-refractivity contribution in [1.29, 1.82) is 0 Å². The molecular weight excluding hydrogens is 323 g/mol. The molecule has 0 spiro atoms. The number of aliphatic hydroxyl groups is 1. The molecule has 0 amide bonds. The number of hydrogen-bond donors (Lipinski definition) is 1. The van der Waals surface area contributed by atoms with Crippen molar-refractivity contribution in [2.45, 2.75) is 36.6 Å². The van der Waals surface area contributed by atoms with Gasteiger partial charge in [0.1, 0.15) is 0 Å². The van der Waals surface area contributed by atoms with Crippen LogP contribution in [0.5, 0.6) is 0 Å². The summed E-state index contributed by atoms with van der Waals surface area (Å²) in [7, 11) is 0. The second kappa shape index (κ2) is 7.26. The van der Waals surface area contributed by atoms with E-state index < -0.39 is 0 Å². The van der Waals surface area contributed by atoms with Gasteiger partial charge in [0.25, 0.3) is 0 Å². The predicted octanol–water partition coefficient (Wildman–Crippen LogP) is 3.31. The minimum atomic E-state index is -0.130. The van der Waals surface area contributed by atoms with Crippen LogP contribution in [-0.2, 0) is 0 Å². The first-order valence-corrected chi connectivity index (χ1v) is 9.64. The quantitative estimate of drug-likeness (QED) is 0.843. The van der Waals surface area contributed by atoms with Crippen molar-refractivity contribution >= 4 is 19.4 Å². The molecule has 0 radical (unpaired) electrons. The van der Waals surface area contributed by atoms with Gasteiger partial charge >= 0.3 is 133 Å². The number of benzene rings is 2. The molecule has 2 unspecified atom stereocenters. The average molecular weight is 345 g/mol. The molecule has 21 heavy (non-hydrogen) atoms. The van der Waals surface area contributed by atoms with Gasteiger partial charge in [-0.15, -0.1) is 0 Å². The predicted molar refractivity (Wildman–Crippen MR) is 89.0 cm³/mol. The van der Waals surface area contributed by atoms with Gasteiger partial charge in [-0.3, -0.25) is 0 Å². The Morgan fingerprint density at radius 1 is 0.857 bits per heavy atom. The van der Waals surface area contributed by atoms with E-state index in [1.165, 1.54) is 22.9 Å². The van der Waals surface area contributed by atoms with Crippen LogP contribution >= 0.6 is 0 Å². The molecule has 3 rings (SSSR count). The van der Waals surface area contributed by atoms with E-state index in [1.54, 1.807) is 0 Å². The molecule has 1 aliphatic carbocycles. The zero-order valence-corrected chi connectivity index (χ0v) is 13.9. The molecule has 1 aliphatic rings. The third-order valence-corrected chi connectivity index (χ3v) is 7.28. The normalized spacial score (nSPS) is 23.7. The first-order valence-electron chi connectivity index (χ1n) is 7.79. The SMILES string of the molecule is OC1CCCCC1[C@@H]([Se]c1ccccc1)c1ccccc1. The summed E-state index contributed by atoms with van der Waals surface area (Å²) in [5, 5.41) is 10.5. The van der Waals surface area contributed by atoms with Gasteiger partial charge in [0.15, 0.2) is 0 Å². The summed E-state index contributed by atoms with van der Waals surface area (Å²) >= 11 is 0.367. The summed E-state index contributed by atoms with van der Waals surface area (Å²) in [6.45, 7) is 0. The Bertz CT molecular complexity index is 540. The summed E-state index contributed by atoms with van der Waals surface area (Å²) in [6.07, 6.45) is 4.44. The van der Waals surface area contributed by atoms with Crippen LogP contribution in [0.25, 0.3) is 0 Å². The van der Waals surface area contributed by atoms with Crippen LogP contribution in [0.2, 0.25) is 0 Å². The van der Waals surface area contributed by atoms with Gasteiger partial charge < -0.3 is 0 Å². The molecule has 0 aromatic heterocycles. The second-order valence-corrected chi connectivity index (χ2v) is 8.33. The maximum atomic E-state index is 10.5. The Labute approximate surface area is 133 Å². The molecule has 1 N–H and O–H groups in total. The monoisotopic (exact) mass is 346 g/mol. The van der Waals surface area contributed by atoms with Crippen LogP contribution in [0, 0.1) is 5.92 Å². The molecule has 1 fully saturated rings. The zero-order valence-electron chi connectivity index (χ0n) is 12.2. The molecule has 1 nitrogen and oxygen atoms in total. The van der Waals surface area contributed by atoms with E-state index in [4.69, 9.17) is 0 Å². The number of rotatable bonds is 4. The molecule has 2 aromatic carbocycles. The zero-order chi connectivity index (χ0) is 14.5. The van der Waals surface area contributed by atoms with Gasteiger partial charge in [0.05, 0.1) is 0 Å². The Kier molecular flexibility index (Phi) is 5.13. The minimum absolute atomic E-state index is 0.130. The van der Waals surface area contributed by atoms with Crippen molar-refractivity contribution in [2.75, 3.05) is 0 Å². The third kappa shape index (κ3) is 3.77. The van der Waals surface area contributed by atoms with Crippen molar-refractivity contribution in [3.63, 3.8) is 0 Å². The van der Waals surface area contributed by atoms with Crippen LogP contribution in [0.1, 0.15) is 36.1 Å². The Balaban J connectivity index is 1.87. The third-order valence-electron chi connectivity index (χ3n) is 4.30. The summed E-state index contributed by atoms with van der Waals surface area (Å²) in [4.78, 5) is 0.483. The topological polar surface area (TPSA) is 20.2 Å². The van der Waals surface area contributed by atoms with E-state index in [9.17, 15) is 5.11 Å². The standard InChI is InChI=1S/C19H22OSe/c20-18-14-8-7-13-17(18)19(15-9-3-1-4-10-15)21-16-11-5-2-6-12-16/h1-6,9-12,17-20H,7-8,13-14H2/t17?,18?,19-/m0/s1. The van der Waals surface area contributed by atoms with Gasteiger partial charge in [0, 0.05) is 0 Å². The molecule has 0 saturated heterocycles. The van der Waals surface area contributed by atoms with E-state index in [0.717, 1.165) is 12.8 Å². The Morgan fingerprint density at radius 2 is 1.48 bits per heavy atom. The van der Waals surface area contributed by atoms with Crippen molar-refractivity contribution in [1.82, 2.24) is 0 Å². The summed E-state index contributed by atoms with van der Waals surface area (Å²) in [5.74, 6) is 0.418. The van der Waals surface area contributed by atoms with Gasteiger partial charge in [-0.05, 0) is 0 Å². The fraction of sp³-hybridized carbons (Fsp3) is 0.368. The van der Waals surface area contributed by atoms with Crippen LogP contribution < -0.4 is 4.46 Å². The fourth-order valence-corrected chi connectivity index (χ4v) is 6.11. The van der Waals surface area contributed by atoms with Crippen LogP contribution in [-0.4, -0.2) is 26.2 Å². The molecule has 0 bridgehead atoms. The molecule has 1 saturated carbocycles. The van der Waals surface area contributed by atoms with E-state index in [0.29, 0.717) is 25.7 Å². The van der Waals surface area contributed by atoms with E-state index >= 15 is 0 Å². The van der Waals surface area contributed by atoms with Crippen LogP contribution in [0.15, 0.2) is 60.7 Å². The first-order chi connectivity index (χ1) is 10.3. The van der Waals surface area contributed by atoms with Gasteiger partial charge in [0.2, 0.25) is 0 Å². The molecule has 0 aliphatic heterocycles. The molecular formula is C19H22OSe. The summed E-state index contributed by atoms with van der Waals surface area (Å²) < 4.78 is 1.43. The van der Waals surface area contributed by atoms with Gasteiger partial charge in [-0.25, -0.2) is 0 Å². The molecule has 3 atom stereocenters. The Morgan fingerprint density at radius 3 is 2.14 bits per heavy atom. The van der Waals surface area contributed by atoms with Crippen molar-refractivity contribution in [3.8, 4) is 0 Å². The van der Waals surface area contributed by atoms with Crippen LogP contribution in [0.3, 0.4) is 0 Å². The van der Waals surface area contributed by atoms with E-state index in [2.05, 4.69) is 60.7 Å². The van der Waals surface area contributed by atoms with Crippen molar-refractivity contribution in [2.24, 2.45) is 5.92 Å². The Hall–Kier alpha value is -1.08. The molecule has 110 valence electrons. The van der Waals surface area contributed by atoms with Gasteiger partial charge in [-0.2, -0.15) is 0 Å². The van der Waals surface area contributed by atoms with Crippen molar-refractivity contribution < 1.29 is 5.11 Å². The van der Waals surface area contributed by atoms with Gasteiger partial charge in [-0.1, -0.05) is 0 Å². The maximum absolute atomic E-state index is 10.5. The molecule has 2 heteroatoms.